The van der Waals surface area contributed by atoms with Crippen molar-refractivity contribution in [2.24, 2.45) is 0 Å². The fourth-order valence-corrected chi connectivity index (χ4v) is 4.42. The Hall–Kier alpha value is -4.25. The van der Waals surface area contributed by atoms with Gasteiger partial charge in [-0.25, -0.2) is 4.98 Å². The molecule has 5 heteroatoms. The SMILES string of the molecule is C=CCc1ccc(OCCCn2c(COc3ccc4ccccc4c3)nc3ccccc32)c(OC)c1. The van der Waals surface area contributed by atoms with Gasteiger partial charge in [-0.3, -0.25) is 0 Å². The van der Waals surface area contributed by atoms with Crippen molar-refractivity contribution in [2.75, 3.05) is 13.7 Å². The van der Waals surface area contributed by atoms with Crippen molar-refractivity contribution < 1.29 is 14.2 Å². The zero-order valence-electron chi connectivity index (χ0n) is 20.5. The third-order valence-corrected chi connectivity index (χ3v) is 6.21. The molecule has 4 aromatic carbocycles. The van der Waals surface area contributed by atoms with Gasteiger partial charge in [-0.1, -0.05) is 54.6 Å². The molecule has 0 N–H and O–H groups in total. The van der Waals surface area contributed by atoms with E-state index in [1.165, 1.54) is 5.39 Å². The van der Waals surface area contributed by atoms with Gasteiger partial charge in [0.05, 0.1) is 24.8 Å². The number of methoxy groups -OCH3 is 1. The van der Waals surface area contributed by atoms with Crippen molar-refractivity contribution in [1.29, 1.82) is 0 Å². The predicted molar refractivity (Wildman–Crippen MR) is 145 cm³/mol. The third kappa shape index (κ3) is 5.20. The Bertz CT molecular complexity index is 1490. The lowest BCUT2D eigenvalue weighted by molar-refractivity contribution is 0.273. The van der Waals surface area contributed by atoms with Crippen LogP contribution in [-0.2, 0) is 19.6 Å². The molecule has 0 atom stereocenters. The Labute approximate surface area is 211 Å². The second kappa shape index (κ2) is 11.0. The minimum Gasteiger partial charge on any atom is -0.493 e. The van der Waals surface area contributed by atoms with E-state index in [-0.39, 0.29) is 0 Å². The van der Waals surface area contributed by atoms with Gasteiger partial charge in [0.2, 0.25) is 0 Å². The first kappa shape index (κ1) is 23.5. The van der Waals surface area contributed by atoms with Crippen LogP contribution in [0.2, 0.25) is 0 Å². The van der Waals surface area contributed by atoms with Crippen molar-refractivity contribution in [3.63, 3.8) is 0 Å². The first-order valence-electron chi connectivity index (χ1n) is 12.2. The number of aryl methyl sites for hydroxylation is 1. The molecule has 36 heavy (non-hydrogen) atoms. The maximum Gasteiger partial charge on any atom is 0.161 e. The number of hydrogen-bond donors (Lipinski definition) is 0. The standard InChI is InChI=1S/C31H30N2O3/c1-3-9-23-14-17-29(30(20-23)34-2)35-19-8-18-33-28-13-7-6-12-27(28)32-31(33)22-36-26-16-15-24-10-4-5-11-25(24)21-26/h3-7,10-17,20-21H,1,8-9,18-19,22H2,2H3. The second-order valence-electron chi connectivity index (χ2n) is 8.65. The van der Waals surface area contributed by atoms with Crippen molar-refractivity contribution in [3.05, 3.63) is 109 Å². The summed E-state index contributed by atoms with van der Waals surface area (Å²) in [4.78, 5) is 4.85. The molecule has 0 aliphatic heterocycles. The van der Waals surface area contributed by atoms with E-state index < -0.39 is 0 Å². The number of imidazole rings is 1. The van der Waals surface area contributed by atoms with Gasteiger partial charge in [0, 0.05) is 6.54 Å². The molecule has 0 amide bonds. The number of aromatic nitrogens is 2. The molecule has 0 unspecified atom stereocenters. The van der Waals surface area contributed by atoms with Crippen molar-refractivity contribution in [1.82, 2.24) is 9.55 Å². The molecule has 182 valence electrons. The highest BCUT2D eigenvalue weighted by Gasteiger charge is 2.12. The summed E-state index contributed by atoms with van der Waals surface area (Å²) < 4.78 is 20.0. The van der Waals surface area contributed by atoms with Crippen molar-refractivity contribution >= 4 is 21.8 Å². The number of rotatable bonds is 11. The lowest BCUT2D eigenvalue weighted by atomic mass is 10.1. The van der Waals surface area contributed by atoms with Gasteiger partial charge >= 0.3 is 0 Å². The maximum absolute atomic E-state index is 6.17. The molecule has 0 spiro atoms. The number of fused-ring (bicyclic) bond motifs is 2. The smallest absolute Gasteiger partial charge is 0.161 e. The molecule has 0 fully saturated rings. The van der Waals surface area contributed by atoms with E-state index in [4.69, 9.17) is 19.2 Å². The number of hydrogen-bond acceptors (Lipinski definition) is 4. The average Bonchev–Trinajstić information content (AvgIpc) is 3.27. The highest BCUT2D eigenvalue weighted by atomic mass is 16.5. The Morgan fingerprint density at radius 3 is 2.56 bits per heavy atom. The first-order chi connectivity index (χ1) is 17.7. The van der Waals surface area contributed by atoms with Crippen LogP contribution in [0.3, 0.4) is 0 Å². The van der Waals surface area contributed by atoms with Crippen molar-refractivity contribution in [3.8, 4) is 17.2 Å². The lowest BCUT2D eigenvalue weighted by Gasteiger charge is -2.13. The van der Waals surface area contributed by atoms with Crippen molar-refractivity contribution in [2.45, 2.75) is 26.0 Å². The number of allylic oxidation sites excluding steroid dienone is 1. The van der Waals surface area contributed by atoms with E-state index in [1.54, 1.807) is 7.11 Å². The molecule has 1 heterocycles. The highest BCUT2D eigenvalue weighted by Crippen LogP contribution is 2.29. The first-order valence-corrected chi connectivity index (χ1v) is 12.2. The number of benzene rings is 4. The van der Waals surface area contributed by atoms with E-state index in [0.29, 0.717) is 13.2 Å². The Morgan fingerprint density at radius 2 is 1.69 bits per heavy atom. The summed E-state index contributed by atoms with van der Waals surface area (Å²) in [5.41, 5.74) is 3.21. The lowest BCUT2D eigenvalue weighted by Crippen LogP contribution is -2.10. The van der Waals surface area contributed by atoms with Crippen LogP contribution in [0.1, 0.15) is 17.8 Å². The Balaban J connectivity index is 1.27. The summed E-state index contributed by atoms with van der Waals surface area (Å²) in [7, 11) is 1.67. The summed E-state index contributed by atoms with van der Waals surface area (Å²) in [6.45, 7) is 5.53. The van der Waals surface area contributed by atoms with E-state index >= 15 is 0 Å². The number of ether oxygens (including phenoxy) is 3. The van der Waals surface area contributed by atoms with Crippen LogP contribution in [0.15, 0.2) is 97.6 Å². The van der Waals surface area contributed by atoms with Gasteiger partial charge in [0.25, 0.3) is 0 Å². The molecule has 0 bridgehead atoms. The van der Waals surface area contributed by atoms with Gasteiger partial charge in [-0.05, 0) is 65.6 Å². The van der Waals surface area contributed by atoms with Crippen LogP contribution < -0.4 is 14.2 Å². The molecule has 0 aliphatic carbocycles. The molecule has 0 aliphatic rings. The summed E-state index contributed by atoms with van der Waals surface area (Å²) in [5, 5.41) is 2.36. The van der Waals surface area contributed by atoms with Gasteiger partial charge in [-0.2, -0.15) is 0 Å². The van der Waals surface area contributed by atoms with Crippen LogP contribution in [-0.4, -0.2) is 23.3 Å². The molecule has 5 nitrogen and oxygen atoms in total. The second-order valence-corrected chi connectivity index (χ2v) is 8.65. The normalized spacial score (nSPS) is 11.0. The molecule has 0 saturated heterocycles. The summed E-state index contributed by atoms with van der Waals surface area (Å²) in [6, 6.07) is 28.7. The zero-order valence-corrected chi connectivity index (χ0v) is 20.5. The van der Waals surface area contributed by atoms with E-state index in [2.05, 4.69) is 41.5 Å². The van der Waals surface area contributed by atoms with Crippen LogP contribution in [0.4, 0.5) is 0 Å². The van der Waals surface area contributed by atoms with E-state index in [9.17, 15) is 0 Å². The molecule has 0 radical (unpaired) electrons. The fourth-order valence-electron chi connectivity index (χ4n) is 4.42. The van der Waals surface area contributed by atoms with Gasteiger partial charge in [0.15, 0.2) is 11.5 Å². The maximum atomic E-state index is 6.17. The zero-order chi connectivity index (χ0) is 24.7. The largest absolute Gasteiger partial charge is 0.493 e. The molecule has 5 aromatic rings. The predicted octanol–water partition coefficient (Wildman–Crippen LogP) is 6.97. The Kier molecular flexibility index (Phi) is 7.17. The highest BCUT2D eigenvalue weighted by molar-refractivity contribution is 5.83. The minimum absolute atomic E-state index is 0.395. The van der Waals surface area contributed by atoms with Crippen LogP contribution in [0, 0.1) is 0 Å². The third-order valence-electron chi connectivity index (χ3n) is 6.21. The van der Waals surface area contributed by atoms with E-state index in [0.717, 1.165) is 64.4 Å². The molecule has 5 rings (SSSR count). The summed E-state index contributed by atoms with van der Waals surface area (Å²) >= 11 is 0. The van der Waals surface area contributed by atoms with Crippen LogP contribution in [0.25, 0.3) is 21.8 Å². The van der Waals surface area contributed by atoms with Gasteiger partial charge in [-0.15, -0.1) is 6.58 Å². The average molecular weight is 479 g/mol. The molecule has 1 aromatic heterocycles. The molecular weight excluding hydrogens is 448 g/mol. The van der Waals surface area contributed by atoms with Gasteiger partial charge in [0.1, 0.15) is 18.2 Å². The quantitative estimate of drug-likeness (QED) is 0.152. The summed E-state index contributed by atoms with van der Waals surface area (Å²) in [5.74, 6) is 3.23. The van der Waals surface area contributed by atoms with Crippen LogP contribution >= 0.6 is 0 Å². The fraction of sp³-hybridized carbons (Fsp3) is 0.194. The van der Waals surface area contributed by atoms with Gasteiger partial charge < -0.3 is 18.8 Å². The monoisotopic (exact) mass is 478 g/mol. The Morgan fingerprint density at radius 1 is 0.861 bits per heavy atom. The minimum atomic E-state index is 0.395. The van der Waals surface area contributed by atoms with E-state index in [1.807, 2.05) is 60.7 Å². The topological polar surface area (TPSA) is 45.5 Å². The molecule has 0 saturated carbocycles. The van der Waals surface area contributed by atoms with Crippen LogP contribution in [0.5, 0.6) is 17.2 Å². The molecular formula is C31H30N2O3. The summed E-state index contributed by atoms with van der Waals surface area (Å²) in [6.07, 6.45) is 3.50. The number of para-hydroxylation sites is 2. The number of nitrogens with zero attached hydrogens (tertiary/aromatic N) is 2.